The Morgan fingerprint density at radius 2 is 1.35 bits per heavy atom. The van der Waals surface area contributed by atoms with Gasteiger partial charge >= 0.3 is 0 Å². The highest BCUT2D eigenvalue weighted by Gasteiger charge is 2.43. The molecular formula is C15H25NO5S2. The van der Waals surface area contributed by atoms with Crippen LogP contribution in [0.2, 0.25) is 0 Å². The van der Waals surface area contributed by atoms with Crippen LogP contribution in [0, 0.1) is 5.92 Å². The van der Waals surface area contributed by atoms with Gasteiger partial charge in [0.1, 0.15) is 0 Å². The van der Waals surface area contributed by atoms with E-state index in [1.165, 1.54) is 0 Å². The highest BCUT2D eigenvalue weighted by molar-refractivity contribution is 7.91. The summed E-state index contributed by atoms with van der Waals surface area (Å²) < 4.78 is 47.1. The molecule has 0 spiro atoms. The molecule has 0 radical (unpaired) electrons. The van der Waals surface area contributed by atoms with Gasteiger partial charge in [0.05, 0.1) is 28.9 Å². The Labute approximate surface area is 138 Å². The molecule has 2 aliphatic heterocycles. The topological polar surface area (TPSA) is 88.6 Å². The Balaban J connectivity index is 1.81. The summed E-state index contributed by atoms with van der Waals surface area (Å²) in [5.74, 6) is -0.434. The van der Waals surface area contributed by atoms with Gasteiger partial charge in [-0.3, -0.25) is 4.79 Å². The Kier molecular flexibility index (Phi) is 4.75. The number of amides is 1. The van der Waals surface area contributed by atoms with Crippen LogP contribution in [0.3, 0.4) is 0 Å². The SMILES string of the molecule is O=C(C1CCS(=O)(=O)C1)N(C1CCCCC1)C1CCS(=O)(=O)C1. The molecule has 132 valence electrons. The molecule has 0 N–H and O–H groups in total. The first kappa shape index (κ1) is 17.2. The van der Waals surface area contributed by atoms with Crippen LogP contribution >= 0.6 is 0 Å². The van der Waals surface area contributed by atoms with Gasteiger partial charge in [-0.1, -0.05) is 19.3 Å². The second-order valence-electron chi connectivity index (χ2n) is 7.19. The average molecular weight is 364 g/mol. The van der Waals surface area contributed by atoms with Crippen LogP contribution in [0.5, 0.6) is 0 Å². The van der Waals surface area contributed by atoms with Gasteiger partial charge in [0.15, 0.2) is 19.7 Å². The number of carbonyl (C=O) groups excluding carboxylic acids is 1. The fraction of sp³-hybridized carbons (Fsp3) is 0.933. The Bertz CT molecular complexity index is 664. The lowest BCUT2D eigenvalue weighted by Gasteiger charge is -2.39. The molecule has 0 aromatic rings. The quantitative estimate of drug-likeness (QED) is 0.739. The Hall–Kier alpha value is -0.630. The predicted octanol–water partition coefficient (Wildman–Crippen LogP) is 0.770. The van der Waals surface area contributed by atoms with Crippen LogP contribution in [-0.4, -0.2) is 62.7 Å². The van der Waals surface area contributed by atoms with Gasteiger partial charge in [0, 0.05) is 12.1 Å². The van der Waals surface area contributed by atoms with Gasteiger partial charge in [-0.05, 0) is 25.7 Å². The van der Waals surface area contributed by atoms with Gasteiger partial charge in [0.2, 0.25) is 5.91 Å². The van der Waals surface area contributed by atoms with E-state index in [0.717, 1.165) is 32.1 Å². The zero-order valence-electron chi connectivity index (χ0n) is 13.3. The van der Waals surface area contributed by atoms with Crippen molar-refractivity contribution in [1.82, 2.24) is 4.90 Å². The molecule has 0 aromatic heterocycles. The summed E-state index contributed by atoms with van der Waals surface area (Å²) in [5.41, 5.74) is 0. The minimum atomic E-state index is -3.12. The van der Waals surface area contributed by atoms with E-state index >= 15 is 0 Å². The van der Waals surface area contributed by atoms with Crippen molar-refractivity contribution in [1.29, 1.82) is 0 Å². The molecular weight excluding hydrogens is 338 g/mol. The molecule has 2 heterocycles. The van der Waals surface area contributed by atoms with Crippen molar-refractivity contribution in [3.8, 4) is 0 Å². The second-order valence-corrected chi connectivity index (χ2v) is 11.7. The summed E-state index contributed by atoms with van der Waals surface area (Å²) in [6, 6.07) is -0.184. The largest absolute Gasteiger partial charge is 0.335 e. The molecule has 3 fully saturated rings. The highest BCUT2D eigenvalue weighted by atomic mass is 32.2. The van der Waals surface area contributed by atoms with Crippen LogP contribution in [0.25, 0.3) is 0 Å². The summed E-state index contributed by atoms with van der Waals surface area (Å²) in [6.07, 6.45) is 5.94. The van der Waals surface area contributed by atoms with E-state index in [9.17, 15) is 21.6 Å². The van der Waals surface area contributed by atoms with Crippen molar-refractivity contribution in [2.75, 3.05) is 23.0 Å². The van der Waals surface area contributed by atoms with Gasteiger partial charge in [0.25, 0.3) is 0 Å². The van der Waals surface area contributed by atoms with Crippen molar-refractivity contribution < 1.29 is 21.6 Å². The molecule has 23 heavy (non-hydrogen) atoms. The van der Waals surface area contributed by atoms with Gasteiger partial charge < -0.3 is 4.90 Å². The third kappa shape index (κ3) is 3.90. The third-order valence-corrected chi connectivity index (χ3v) is 8.92. The fourth-order valence-corrected chi connectivity index (χ4v) is 7.66. The second kappa shape index (κ2) is 6.35. The molecule has 0 bridgehead atoms. The van der Waals surface area contributed by atoms with Crippen molar-refractivity contribution >= 4 is 25.6 Å². The number of carbonyl (C=O) groups is 1. The van der Waals surface area contributed by atoms with E-state index in [0.29, 0.717) is 12.8 Å². The fourth-order valence-electron chi connectivity index (χ4n) is 4.21. The molecule has 2 atom stereocenters. The van der Waals surface area contributed by atoms with Crippen LogP contribution < -0.4 is 0 Å². The van der Waals surface area contributed by atoms with Crippen molar-refractivity contribution in [2.45, 2.75) is 57.0 Å². The lowest BCUT2D eigenvalue weighted by molar-refractivity contribution is -0.140. The summed E-state index contributed by atoms with van der Waals surface area (Å²) in [4.78, 5) is 14.8. The summed E-state index contributed by atoms with van der Waals surface area (Å²) in [5, 5.41) is 0. The van der Waals surface area contributed by atoms with Gasteiger partial charge in [-0.15, -0.1) is 0 Å². The van der Waals surface area contributed by atoms with Crippen molar-refractivity contribution in [2.24, 2.45) is 5.92 Å². The smallest absolute Gasteiger partial charge is 0.227 e. The molecule has 3 rings (SSSR count). The van der Waals surface area contributed by atoms with Crippen molar-refractivity contribution in [3.05, 3.63) is 0 Å². The molecule has 1 amide bonds. The highest BCUT2D eigenvalue weighted by Crippen LogP contribution is 2.31. The van der Waals surface area contributed by atoms with Crippen LogP contribution in [0.4, 0.5) is 0 Å². The molecule has 1 saturated carbocycles. The standard InChI is InChI=1S/C15H25NO5S2/c17-15(12-6-8-22(18,19)10-12)16(13-4-2-1-3-5-13)14-7-9-23(20,21)11-14/h12-14H,1-11H2. The molecule has 0 aromatic carbocycles. The minimum absolute atomic E-state index is 0.0364. The predicted molar refractivity (Wildman–Crippen MR) is 87.5 cm³/mol. The van der Waals surface area contributed by atoms with E-state index in [-0.39, 0.29) is 41.0 Å². The average Bonchev–Trinajstić information content (AvgIpc) is 3.02. The number of nitrogens with zero attached hydrogens (tertiary/aromatic N) is 1. The Morgan fingerprint density at radius 3 is 1.87 bits per heavy atom. The van der Waals surface area contributed by atoms with Gasteiger partial charge in [-0.2, -0.15) is 0 Å². The molecule has 1 aliphatic carbocycles. The monoisotopic (exact) mass is 363 g/mol. The lowest BCUT2D eigenvalue weighted by Crippen LogP contribution is -2.51. The first-order chi connectivity index (χ1) is 10.8. The number of hydrogen-bond acceptors (Lipinski definition) is 5. The van der Waals surface area contributed by atoms with Crippen LogP contribution in [-0.2, 0) is 24.5 Å². The number of hydrogen-bond donors (Lipinski definition) is 0. The van der Waals surface area contributed by atoms with Crippen LogP contribution in [0.1, 0.15) is 44.9 Å². The zero-order chi connectivity index (χ0) is 16.7. The third-order valence-electron chi connectivity index (χ3n) is 5.41. The summed E-state index contributed by atoms with van der Waals surface area (Å²) >= 11 is 0. The van der Waals surface area contributed by atoms with E-state index in [4.69, 9.17) is 0 Å². The maximum atomic E-state index is 13.0. The molecule has 3 aliphatic rings. The summed E-state index contributed by atoms with van der Waals surface area (Å²) in [7, 11) is -6.19. The summed E-state index contributed by atoms with van der Waals surface area (Å²) in [6.45, 7) is 0. The number of rotatable bonds is 3. The van der Waals surface area contributed by atoms with Crippen molar-refractivity contribution in [3.63, 3.8) is 0 Å². The molecule has 2 unspecified atom stereocenters. The van der Waals surface area contributed by atoms with Gasteiger partial charge in [-0.25, -0.2) is 16.8 Å². The zero-order valence-corrected chi connectivity index (χ0v) is 14.9. The minimum Gasteiger partial charge on any atom is -0.335 e. The number of sulfone groups is 2. The normalized spacial score (nSPS) is 33.6. The van der Waals surface area contributed by atoms with E-state index in [2.05, 4.69) is 0 Å². The maximum Gasteiger partial charge on any atom is 0.227 e. The first-order valence-electron chi connectivity index (χ1n) is 8.50. The maximum absolute atomic E-state index is 13.0. The van der Waals surface area contributed by atoms with E-state index < -0.39 is 25.6 Å². The molecule has 8 heteroatoms. The van der Waals surface area contributed by atoms with E-state index in [1.807, 2.05) is 0 Å². The van der Waals surface area contributed by atoms with E-state index in [1.54, 1.807) is 4.90 Å². The molecule has 6 nitrogen and oxygen atoms in total. The lowest BCUT2D eigenvalue weighted by atomic mass is 9.91. The molecule has 2 saturated heterocycles. The first-order valence-corrected chi connectivity index (χ1v) is 12.1. The Morgan fingerprint density at radius 1 is 0.739 bits per heavy atom. The van der Waals surface area contributed by atoms with Crippen LogP contribution in [0.15, 0.2) is 0 Å².